The molecule has 0 N–H and O–H groups in total. The van der Waals surface area contributed by atoms with E-state index in [9.17, 15) is 0 Å². The minimum absolute atomic E-state index is 1.03. The summed E-state index contributed by atoms with van der Waals surface area (Å²) < 4.78 is 0. The molecule has 3 aromatic rings. The third-order valence-corrected chi connectivity index (χ3v) is 4.54. The monoisotopic (exact) mass is 258 g/mol. The number of aromatic nitrogens is 2. The van der Waals surface area contributed by atoms with Crippen molar-refractivity contribution in [1.82, 2.24) is 9.97 Å². The molecule has 2 aromatic heterocycles. The van der Waals surface area contributed by atoms with Gasteiger partial charge in [-0.2, -0.15) is 0 Å². The SMILES string of the molecule is Cc1ccccc1Sc1ncnc2sccc12. The Kier molecular flexibility index (Phi) is 2.82. The van der Waals surface area contributed by atoms with E-state index in [0.29, 0.717) is 0 Å². The summed E-state index contributed by atoms with van der Waals surface area (Å²) in [5.74, 6) is 0. The van der Waals surface area contributed by atoms with Gasteiger partial charge in [0, 0.05) is 10.3 Å². The Morgan fingerprint density at radius 2 is 2.00 bits per heavy atom. The summed E-state index contributed by atoms with van der Waals surface area (Å²) in [7, 11) is 0. The molecule has 0 saturated heterocycles. The first kappa shape index (κ1) is 10.7. The highest BCUT2D eigenvalue weighted by molar-refractivity contribution is 7.99. The van der Waals surface area contributed by atoms with Gasteiger partial charge < -0.3 is 0 Å². The van der Waals surface area contributed by atoms with Crippen LogP contribution in [0.3, 0.4) is 0 Å². The Balaban J connectivity index is 2.06. The van der Waals surface area contributed by atoms with Gasteiger partial charge in [0.05, 0.1) is 0 Å². The minimum atomic E-state index is 1.03. The van der Waals surface area contributed by atoms with Gasteiger partial charge in [-0.25, -0.2) is 9.97 Å². The summed E-state index contributed by atoms with van der Waals surface area (Å²) in [5.41, 5.74) is 1.28. The second-order valence-electron chi connectivity index (χ2n) is 3.69. The van der Waals surface area contributed by atoms with Crippen LogP contribution in [-0.4, -0.2) is 9.97 Å². The molecule has 17 heavy (non-hydrogen) atoms. The average Bonchev–Trinajstić information content (AvgIpc) is 2.81. The van der Waals surface area contributed by atoms with Gasteiger partial charge in [0.1, 0.15) is 16.2 Å². The van der Waals surface area contributed by atoms with E-state index in [2.05, 4.69) is 52.6 Å². The number of fused-ring (bicyclic) bond motifs is 1. The highest BCUT2D eigenvalue weighted by Crippen LogP contribution is 2.34. The van der Waals surface area contributed by atoms with E-state index in [4.69, 9.17) is 0 Å². The van der Waals surface area contributed by atoms with Crippen molar-refractivity contribution in [1.29, 1.82) is 0 Å². The Labute approximate surface area is 108 Å². The molecule has 0 aliphatic carbocycles. The molecule has 0 atom stereocenters. The quantitative estimate of drug-likeness (QED) is 0.646. The van der Waals surface area contributed by atoms with Crippen LogP contribution < -0.4 is 0 Å². The van der Waals surface area contributed by atoms with E-state index in [-0.39, 0.29) is 0 Å². The fraction of sp³-hybridized carbons (Fsp3) is 0.0769. The molecule has 2 heterocycles. The normalized spacial score (nSPS) is 10.9. The topological polar surface area (TPSA) is 25.8 Å². The molecule has 1 aromatic carbocycles. The van der Waals surface area contributed by atoms with E-state index in [1.165, 1.54) is 10.5 Å². The van der Waals surface area contributed by atoms with Crippen LogP contribution in [-0.2, 0) is 0 Å². The number of hydrogen-bond donors (Lipinski definition) is 0. The van der Waals surface area contributed by atoms with Crippen LogP contribution in [0.1, 0.15) is 5.56 Å². The van der Waals surface area contributed by atoms with Crippen molar-refractivity contribution < 1.29 is 0 Å². The molecule has 0 unspecified atom stereocenters. The van der Waals surface area contributed by atoms with Crippen LogP contribution in [0.5, 0.6) is 0 Å². The Hall–Kier alpha value is -1.39. The maximum absolute atomic E-state index is 4.37. The standard InChI is InChI=1S/C13H10N2S2/c1-9-4-2-3-5-11(9)17-13-10-6-7-16-12(10)14-8-15-13/h2-8H,1H3. The zero-order valence-electron chi connectivity index (χ0n) is 9.25. The van der Waals surface area contributed by atoms with E-state index in [0.717, 1.165) is 15.2 Å². The lowest BCUT2D eigenvalue weighted by Gasteiger charge is -2.04. The van der Waals surface area contributed by atoms with Gasteiger partial charge in [-0.3, -0.25) is 0 Å². The van der Waals surface area contributed by atoms with Crippen molar-refractivity contribution in [2.75, 3.05) is 0 Å². The highest BCUT2D eigenvalue weighted by Gasteiger charge is 2.07. The average molecular weight is 258 g/mol. The van der Waals surface area contributed by atoms with Crippen molar-refractivity contribution in [3.05, 3.63) is 47.6 Å². The van der Waals surface area contributed by atoms with Crippen molar-refractivity contribution in [2.45, 2.75) is 16.8 Å². The van der Waals surface area contributed by atoms with Crippen molar-refractivity contribution in [3.63, 3.8) is 0 Å². The molecule has 0 radical (unpaired) electrons. The largest absolute Gasteiger partial charge is 0.229 e. The number of nitrogens with zero attached hydrogens (tertiary/aromatic N) is 2. The van der Waals surface area contributed by atoms with Crippen molar-refractivity contribution in [2.24, 2.45) is 0 Å². The molecular formula is C13H10N2S2. The molecule has 3 rings (SSSR count). The van der Waals surface area contributed by atoms with E-state index in [1.807, 2.05) is 0 Å². The molecule has 0 amide bonds. The maximum Gasteiger partial charge on any atom is 0.127 e. The fourth-order valence-corrected chi connectivity index (χ4v) is 3.38. The number of thiophene rings is 1. The lowest BCUT2D eigenvalue weighted by Crippen LogP contribution is -1.84. The molecule has 2 nitrogen and oxygen atoms in total. The minimum Gasteiger partial charge on any atom is -0.229 e. The maximum atomic E-state index is 4.37. The van der Waals surface area contributed by atoms with Gasteiger partial charge in [-0.05, 0) is 30.0 Å². The number of rotatable bonds is 2. The van der Waals surface area contributed by atoms with Crippen LogP contribution in [0.25, 0.3) is 10.2 Å². The lowest BCUT2D eigenvalue weighted by atomic mass is 10.2. The first-order valence-electron chi connectivity index (χ1n) is 5.26. The summed E-state index contributed by atoms with van der Waals surface area (Å²) in [6.07, 6.45) is 1.64. The molecule has 4 heteroatoms. The molecule has 0 saturated carbocycles. The zero-order valence-corrected chi connectivity index (χ0v) is 10.9. The van der Waals surface area contributed by atoms with Crippen molar-refractivity contribution in [3.8, 4) is 0 Å². The third kappa shape index (κ3) is 2.06. The Bertz CT molecular complexity index is 661. The molecule has 0 bridgehead atoms. The van der Waals surface area contributed by atoms with Crippen LogP contribution in [0.4, 0.5) is 0 Å². The second kappa shape index (κ2) is 4.47. The highest BCUT2D eigenvalue weighted by atomic mass is 32.2. The predicted octanol–water partition coefficient (Wildman–Crippen LogP) is 4.15. The van der Waals surface area contributed by atoms with Crippen LogP contribution in [0, 0.1) is 6.92 Å². The van der Waals surface area contributed by atoms with Gasteiger partial charge in [0.2, 0.25) is 0 Å². The Morgan fingerprint density at radius 3 is 2.88 bits per heavy atom. The summed E-state index contributed by atoms with van der Waals surface area (Å²) >= 11 is 3.36. The first-order chi connectivity index (χ1) is 8.34. The van der Waals surface area contributed by atoms with Gasteiger partial charge in [-0.15, -0.1) is 11.3 Å². The smallest absolute Gasteiger partial charge is 0.127 e. The van der Waals surface area contributed by atoms with E-state index in [1.54, 1.807) is 29.4 Å². The number of benzene rings is 1. The predicted molar refractivity (Wildman–Crippen MR) is 72.7 cm³/mol. The van der Waals surface area contributed by atoms with E-state index < -0.39 is 0 Å². The summed E-state index contributed by atoms with van der Waals surface area (Å²) in [4.78, 5) is 10.9. The van der Waals surface area contributed by atoms with Gasteiger partial charge in [0.15, 0.2) is 0 Å². The van der Waals surface area contributed by atoms with Gasteiger partial charge in [0.25, 0.3) is 0 Å². The van der Waals surface area contributed by atoms with Crippen LogP contribution >= 0.6 is 23.1 Å². The fourth-order valence-electron chi connectivity index (χ4n) is 1.62. The van der Waals surface area contributed by atoms with Crippen molar-refractivity contribution >= 4 is 33.3 Å². The molecule has 0 aliphatic rings. The molecule has 0 fully saturated rings. The lowest BCUT2D eigenvalue weighted by molar-refractivity contribution is 1.10. The second-order valence-corrected chi connectivity index (χ2v) is 5.61. The molecule has 0 spiro atoms. The first-order valence-corrected chi connectivity index (χ1v) is 6.96. The van der Waals surface area contributed by atoms with Gasteiger partial charge >= 0.3 is 0 Å². The number of hydrogen-bond acceptors (Lipinski definition) is 4. The zero-order chi connectivity index (χ0) is 11.7. The molecule has 0 aliphatic heterocycles. The Morgan fingerprint density at radius 1 is 1.12 bits per heavy atom. The molecule has 84 valence electrons. The summed E-state index contributed by atoms with van der Waals surface area (Å²) in [5, 5.41) is 4.23. The van der Waals surface area contributed by atoms with Gasteiger partial charge in [-0.1, -0.05) is 30.0 Å². The van der Waals surface area contributed by atoms with Crippen LogP contribution in [0.2, 0.25) is 0 Å². The van der Waals surface area contributed by atoms with Crippen LogP contribution in [0.15, 0.2) is 52.0 Å². The third-order valence-electron chi connectivity index (χ3n) is 2.53. The summed E-state index contributed by atoms with van der Waals surface area (Å²) in [6, 6.07) is 10.4. The molecular weight excluding hydrogens is 248 g/mol. The summed E-state index contributed by atoms with van der Waals surface area (Å²) in [6.45, 7) is 2.12. The van der Waals surface area contributed by atoms with E-state index >= 15 is 0 Å². The number of aryl methyl sites for hydroxylation is 1.